The largest absolute Gasteiger partial charge is 0.484 e. The van der Waals surface area contributed by atoms with Crippen molar-refractivity contribution in [3.05, 3.63) is 122 Å². The number of carbonyl (C=O) groups is 2. The quantitative estimate of drug-likeness (QED) is 0.0282. The van der Waals surface area contributed by atoms with Gasteiger partial charge in [-0.15, -0.1) is 0 Å². The van der Waals surface area contributed by atoms with E-state index in [0.717, 1.165) is 93.4 Å². The summed E-state index contributed by atoms with van der Waals surface area (Å²) in [6.07, 6.45) is 8.94. The summed E-state index contributed by atoms with van der Waals surface area (Å²) in [4.78, 5) is 38.1. The number of halogens is 2. The Balaban J connectivity index is 0.594. The Bertz CT molecular complexity index is 3150. The van der Waals surface area contributed by atoms with E-state index in [0.29, 0.717) is 110 Å². The number of nitriles is 1. The first kappa shape index (κ1) is 72.4. The monoisotopic (exact) mass is 1350 g/mol. The van der Waals surface area contributed by atoms with Crippen LogP contribution in [0.4, 0.5) is 10.5 Å². The van der Waals surface area contributed by atoms with Crippen LogP contribution >= 0.6 is 23.2 Å². The molecule has 21 nitrogen and oxygen atoms in total. The Morgan fingerprint density at radius 2 is 1.14 bits per heavy atom. The molecule has 8 rings (SSSR count). The van der Waals surface area contributed by atoms with E-state index in [1.165, 1.54) is 12.1 Å². The summed E-state index contributed by atoms with van der Waals surface area (Å²) in [5.41, 5.74) is 4.78. The van der Waals surface area contributed by atoms with Crippen LogP contribution < -0.4 is 24.8 Å². The Hall–Kier alpha value is -5.48. The first-order valence-corrected chi connectivity index (χ1v) is 36.1. The number of Topliss-reactive ketones (excluding diaryl/α,β-unsaturated/α-hetero) is 1. The van der Waals surface area contributed by atoms with Gasteiger partial charge in [0.1, 0.15) is 29.5 Å². The highest BCUT2D eigenvalue weighted by Gasteiger charge is 2.43. The third-order valence-electron chi connectivity index (χ3n) is 17.6. The molecule has 6 atom stereocenters. The van der Waals surface area contributed by atoms with Crippen molar-refractivity contribution >= 4 is 60.6 Å². The van der Waals surface area contributed by atoms with Crippen LogP contribution in [0.1, 0.15) is 111 Å². The molecule has 2 aliphatic heterocycles. The highest BCUT2D eigenvalue weighted by Crippen LogP contribution is 2.45. The zero-order valence-corrected chi connectivity index (χ0v) is 56.7. The molecule has 502 valence electrons. The van der Waals surface area contributed by atoms with Gasteiger partial charge < -0.3 is 48.9 Å². The second-order valence-electron chi connectivity index (χ2n) is 24.5. The van der Waals surface area contributed by atoms with Crippen LogP contribution in [0.15, 0.2) is 82.6 Å². The van der Waals surface area contributed by atoms with Crippen molar-refractivity contribution in [2.24, 2.45) is 0 Å². The van der Waals surface area contributed by atoms with Gasteiger partial charge in [-0.1, -0.05) is 29.6 Å². The third-order valence-corrected chi connectivity index (χ3v) is 21.4. The molecule has 0 aromatic heterocycles. The molecule has 0 bridgehead atoms. The molecule has 0 spiro atoms. The molecule has 4 aliphatic rings. The minimum Gasteiger partial charge on any atom is -0.484 e. The van der Waals surface area contributed by atoms with Crippen molar-refractivity contribution in [3.63, 3.8) is 0 Å². The normalized spacial score (nSPS) is 20.2. The fraction of sp³-hybridized carbons (Fsp3) is 0.582. The van der Waals surface area contributed by atoms with Crippen LogP contribution in [-0.2, 0) is 56.4 Å². The van der Waals surface area contributed by atoms with Gasteiger partial charge in [0.15, 0.2) is 15.5 Å². The number of nitrogens with zero attached hydrogens (tertiary/aromatic N) is 6. The van der Waals surface area contributed by atoms with Gasteiger partial charge in [-0.2, -0.15) is 5.26 Å². The zero-order chi connectivity index (χ0) is 65.6. The van der Waals surface area contributed by atoms with Crippen LogP contribution in [-0.4, -0.2) is 205 Å². The van der Waals surface area contributed by atoms with Crippen molar-refractivity contribution in [2.45, 2.75) is 130 Å². The summed E-state index contributed by atoms with van der Waals surface area (Å²) in [6, 6.07) is 22.9. The van der Waals surface area contributed by atoms with Crippen molar-refractivity contribution in [3.8, 4) is 17.6 Å². The summed E-state index contributed by atoms with van der Waals surface area (Å²) in [6.45, 7) is 14.5. The van der Waals surface area contributed by atoms with E-state index < -0.39 is 19.9 Å². The number of sulfone groups is 1. The molecule has 3 N–H and O–H groups in total. The number of likely N-dealkylation sites (N-methyl/N-ethyl adjacent to an activating group) is 2. The second kappa shape index (κ2) is 35.9. The van der Waals surface area contributed by atoms with Gasteiger partial charge >= 0.3 is 6.03 Å². The standard InChI is InChI=1S/C67H91Cl2N9O12S2/c1-71-62-42-50(69)41-61-59(62)44-64(78-29-10-14-52(47-78)76(4)5)66(61)90-55-19-23-57(24-20-55)92(83,84)74-27-33-88-37-34-85-30-11-16-53(79)15-7-6-8-25-72-67(80)73-26-32-87-36-35-86-31-12-38-91(81,82)56-21-17-54(18-22-56)89-65-60-40-49(68)39-48(45-70)58(60)43-63(65)77-28-9-13-51(46-77)75(2)3/h17-24,39-42,51-52,63-66,74H,6-16,25-38,43-44,46-47H2,2-5H3,(H2,72,73,80)/t51-,52-,63-,64-,65-,66-/m0/s1. The fourth-order valence-corrected chi connectivity index (χ4v) is 15.4. The van der Waals surface area contributed by atoms with Crippen LogP contribution in [0.5, 0.6) is 11.5 Å². The number of hydrogen-bond acceptors (Lipinski definition) is 17. The molecule has 0 saturated carbocycles. The van der Waals surface area contributed by atoms with E-state index in [1.807, 2.05) is 12.1 Å². The Labute approximate surface area is 554 Å². The average Bonchev–Trinajstić information content (AvgIpc) is 1.62. The molecule has 2 saturated heterocycles. The number of amides is 2. The van der Waals surface area contributed by atoms with Gasteiger partial charge in [-0.05, 0) is 201 Å². The maximum absolute atomic E-state index is 13.2. The van der Waals surface area contributed by atoms with Crippen molar-refractivity contribution < 1.29 is 54.8 Å². The molecule has 0 unspecified atom stereocenters. The second-order valence-corrected chi connectivity index (χ2v) is 29.2. The fourth-order valence-electron chi connectivity index (χ4n) is 12.6. The number of likely N-dealkylation sites (tertiary alicyclic amines) is 2. The molecule has 2 aliphatic carbocycles. The number of fused-ring (bicyclic) bond motifs is 2. The molecule has 4 aromatic rings. The van der Waals surface area contributed by atoms with E-state index >= 15 is 0 Å². The number of urea groups is 1. The molecule has 2 amide bonds. The highest BCUT2D eigenvalue weighted by atomic mass is 35.5. The lowest BCUT2D eigenvalue weighted by Crippen LogP contribution is -2.51. The number of rotatable bonds is 37. The summed E-state index contributed by atoms with van der Waals surface area (Å²) in [5.74, 6) is 1.13. The molecule has 0 radical (unpaired) electrons. The first-order valence-electron chi connectivity index (χ1n) is 32.2. The minimum atomic E-state index is -3.82. The van der Waals surface area contributed by atoms with E-state index in [2.05, 4.69) is 74.1 Å². The molecule has 4 aromatic carbocycles. The number of sulfonamides is 1. The van der Waals surface area contributed by atoms with Gasteiger partial charge in [-0.3, -0.25) is 14.6 Å². The number of benzene rings is 4. The zero-order valence-electron chi connectivity index (χ0n) is 53.6. The maximum atomic E-state index is 13.2. The van der Waals surface area contributed by atoms with E-state index in [9.17, 15) is 31.7 Å². The third kappa shape index (κ3) is 21.0. The SMILES string of the molecule is [C-]#[N+]c1cc(Cl)cc2c1C[C@H](N1CCC[C@H](N(C)C)C1)[C@H]2Oc1ccc(S(=O)(=O)NCCOCCOCCCC(=O)CCCCCNC(=O)NCCOCCOCCCS(=O)(=O)c2ccc(O[C@H]3c4cc(Cl)cc(C#N)c4C[C@@H]3N3CCC[C@H](N(C)C)C3)cc2)cc1. The highest BCUT2D eigenvalue weighted by molar-refractivity contribution is 7.91. The lowest BCUT2D eigenvalue weighted by atomic mass is 10.0. The molecule has 2 heterocycles. The molecule has 2 fully saturated rings. The van der Waals surface area contributed by atoms with Gasteiger partial charge in [-0.25, -0.2) is 31.2 Å². The Morgan fingerprint density at radius 1 is 0.630 bits per heavy atom. The van der Waals surface area contributed by atoms with E-state index in [1.54, 1.807) is 48.5 Å². The van der Waals surface area contributed by atoms with Gasteiger partial charge in [0, 0.05) is 80.9 Å². The van der Waals surface area contributed by atoms with Crippen molar-refractivity contribution in [1.29, 1.82) is 5.26 Å². The van der Waals surface area contributed by atoms with Crippen LogP contribution in [0.2, 0.25) is 10.0 Å². The Kier molecular flexibility index (Phi) is 28.2. The van der Waals surface area contributed by atoms with Crippen LogP contribution in [0, 0.1) is 17.9 Å². The van der Waals surface area contributed by atoms with Crippen LogP contribution in [0.3, 0.4) is 0 Å². The number of piperidine rings is 2. The molecule has 92 heavy (non-hydrogen) atoms. The number of ether oxygens (including phenoxy) is 6. The van der Waals surface area contributed by atoms with E-state index in [-0.39, 0.29) is 97.8 Å². The lowest BCUT2D eigenvalue weighted by Gasteiger charge is -2.41. The van der Waals surface area contributed by atoms with Gasteiger partial charge in [0.25, 0.3) is 0 Å². The molecule has 25 heteroatoms. The van der Waals surface area contributed by atoms with Crippen LogP contribution in [0.25, 0.3) is 4.85 Å². The number of ketones is 1. The van der Waals surface area contributed by atoms with E-state index in [4.69, 9.17) is 58.2 Å². The predicted octanol–water partition coefficient (Wildman–Crippen LogP) is 8.98. The smallest absolute Gasteiger partial charge is 0.314 e. The predicted molar refractivity (Wildman–Crippen MR) is 354 cm³/mol. The number of hydrogen-bond donors (Lipinski definition) is 3. The summed E-state index contributed by atoms with van der Waals surface area (Å²) >= 11 is 13.0. The minimum absolute atomic E-state index is 0.00323. The maximum Gasteiger partial charge on any atom is 0.314 e. The van der Waals surface area contributed by atoms with Crippen molar-refractivity contribution in [1.82, 2.24) is 35.0 Å². The Morgan fingerprint density at radius 3 is 1.72 bits per heavy atom. The number of nitrogens with one attached hydrogen (secondary N) is 3. The van der Waals surface area contributed by atoms with Crippen molar-refractivity contribution in [2.75, 3.05) is 133 Å². The number of unbranched alkanes of at least 4 members (excludes halogenated alkanes) is 2. The average molecular weight is 1350 g/mol. The molecular formula is C67H91Cl2N9O12S2. The summed E-state index contributed by atoms with van der Waals surface area (Å²) in [7, 11) is 1.00. The lowest BCUT2D eigenvalue weighted by molar-refractivity contribution is -0.119. The topological polar surface area (TPSA) is 235 Å². The van der Waals surface area contributed by atoms with Gasteiger partial charge in [0.05, 0.1) is 85.5 Å². The first-order chi connectivity index (χ1) is 44.3. The molecular weight excluding hydrogens is 1260 g/mol. The summed E-state index contributed by atoms with van der Waals surface area (Å²) in [5, 5.41) is 16.5. The number of carbonyl (C=O) groups excluding carboxylic acids is 2. The summed E-state index contributed by atoms with van der Waals surface area (Å²) < 4.78 is 91.0. The van der Waals surface area contributed by atoms with Gasteiger partial charge in [0.2, 0.25) is 10.0 Å².